The molecule has 1 aromatic heterocycles. The molecule has 8 nitrogen and oxygen atoms in total. The Labute approximate surface area is 203 Å². The van der Waals surface area contributed by atoms with Crippen molar-refractivity contribution in [1.29, 1.82) is 0 Å². The number of anilines is 1. The Bertz CT molecular complexity index is 1360. The summed E-state index contributed by atoms with van der Waals surface area (Å²) in [6.07, 6.45) is 1.42. The van der Waals surface area contributed by atoms with Gasteiger partial charge in [-0.1, -0.05) is 29.8 Å². The average molecular weight is 497 g/mol. The van der Waals surface area contributed by atoms with E-state index < -0.39 is 29.6 Å². The molecule has 1 saturated heterocycles. The van der Waals surface area contributed by atoms with E-state index in [4.69, 9.17) is 16.0 Å². The number of carbonyl (C=O) groups excluding carboxylic acids is 3. The van der Waals surface area contributed by atoms with Crippen molar-refractivity contribution < 1.29 is 28.7 Å². The summed E-state index contributed by atoms with van der Waals surface area (Å²) in [4.78, 5) is 49.7. The number of rotatable bonds is 6. The van der Waals surface area contributed by atoms with E-state index in [1.807, 2.05) is 0 Å². The summed E-state index contributed by atoms with van der Waals surface area (Å²) in [5.74, 6) is -1.46. The number of hydrogen-bond donors (Lipinski definition) is 2. The van der Waals surface area contributed by atoms with Crippen molar-refractivity contribution >= 4 is 58.1 Å². The fraction of sp³-hybridized carbons (Fsp3) is 0.0833. The van der Waals surface area contributed by atoms with Crippen LogP contribution >= 0.6 is 23.4 Å². The van der Waals surface area contributed by atoms with Crippen LogP contribution in [0.4, 0.5) is 10.5 Å². The highest BCUT2D eigenvalue weighted by Crippen LogP contribution is 2.34. The first-order valence-corrected chi connectivity index (χ1v) is 11.2. The highest BCUT2D eigenvalue weighted by atomic mass is 35.5. The number of nitrogens with one attached hydrogen (secondary N) is 1. The monoisotopic (exact) mass is 496 g/mol. The molecule has 0 atom stereocenters. The van der Waals surface area contributed by atoms with E-state index in [9.17, 15) is 24.3 Å². The molecule has 0 spiro atoms. The normalized spacial score (nSPS) is 14.6. The maximum absolute atomic E-state index is 12.7. The summed E-state index contributed by atoms with van der Waals surface area (Å²) in [5.41, 5.74) is 1.75. The summed E-state index contributed by atoms with van der Waals surface area (Å²) < 4.78 is 5.78. The van der Waals surface area contributed by atoms with Crippen molar-refractivity contribution in [3.05, 3.63) is 81.4 Å². The summed E-state index contributed by atoms with van der Waals surface area (Å²) in [7, 11) is 0. The zero-order valence-electron chi connectivity index (χ0n) is 17.7. The number of hydrogen-bond acceptors (Lipinski definition) is 6. The Kier molecular flexibility index (Phi) is 6.58. The number of thioether (sulfide) groups is 1. The molecule has 0 unspecified atom stereocenters. The molecule has 2 aromatic carbocycles. The van der Waals surface area contributed by atoms with Gasteiger partial charge < -0.3 is 14.8 Å². The first-order chi connectivity index (χ1) is 16.2. The number of furan rings is 1. The SMILES string of the molecule is Cc1c(C(=O)O)cccc1-c1ccc(/C=C2\SC(=O)N(CC(=O)Nc3cccc(Cl)c3)C2=O)o1. The number of carboxylic acids is 1. The number of benzene rings is 2. The van der Waals surface area contributed by atoms with Crippen molar-refractivity contribution in [2.75, 3.05) is 11.9 Å². The molecule has 0 saturated carbocycles. The molecule has 0 aliphatic carbocycles. The highest BCUT2D eigenvalue weighted by Gasteiger charge is 2.36. The maximum atomic E-state index is 12.7. The van der Waals surface area contributed by atoms with E-state index in [2.05, 4.69) is 5.32 Å². The zero-order valence-corrected chi connectivity index (χ0v) is 19.3. The molecule has 2 N–H and O–H groups in total. The van der Waals surface area contributed by atoms with E-state index in [0.717, 1.165) is 4.90 Å². The minimum absolute atomic E-state index is 0.109. The lowest BCUT2D eigenvalue weighted by Gasteiger charge is -2.12. The first kappa shape index (κ1) is 23.3. The van der Waals surface area contributed by atoms with Crippen molar-refractivity contribution in [3.63, 3.8) is 0 Å². The number of carbonyl (C=O) groups is 4. The van der Waals surface area contributed by atoms with Gasteiger partial charge in [-0.05, 0) is 60.6 Å². The smallest absolute Gasteiger partial charge is 0.335 e. The topological polar surface area (TPSA) is 117 Å². The Balaban J connectivity index is 1.49. The second-order valence-electron chi connectivity index (χ2n) is 7.31. The van der Waals surface area contributed by atoms with Crippen LogP contribution in [0.3, 0.4) is 0 Å². The quantitative estimate of drug-likeness (QED) is 0.446. The Morgan fingerprint density at radius 2 is 1.91 bits per heavy atom. The molecule has 4 rings (SSSR count). The second-order valence-corrected chi connectivity index (χ2v) is 8.74. The van der Waals surface area contributed by atoms with Gasteiger partial charge in [0, 0.05) is 22.3 Å². The van der Waals surface area contributed by atoms with Crippen LogP contribution in [0.1, 0.15) is 21.7 Å². The second kappa shape index (κ2) is 9.58. The fourth-order valence-corrected chi connectivity index (χ4v) is 4.39. The molecule has 3 amide bonds. The van der Waals surface area contributed by atoms with Gasteiger partial charge in [0.05, 0.1) is 10.5 Å². The minimum atomic E-state index is -1.04. The third-order valence-electron chi connectivity index (χ3n) is 5.01. The number of amides is 3. The summed E-state index contributed by atoms with van der Waals surface area (Å²) >= 11 is 6.60. The highest BCUT2D eigenvalue weighted by molar-refractivity contribution is 8.18. The number of carboxylic acid groups (broad SMARTS) is 1. The van der Waals surface area contributed by atoms with E-state index >= 15 is 0 Å². The van der Waals surface area contributed by atoms with Gasteiger partial charge in [0.25, 0.3) is 11.1 Å². The predicted octanol–water partition coefficient (Wildman–Crippen LogP) is 5.28. The number of halogens is 1. The van der Waals surface area contributed by atoms with Crippen LogP contribution in [0, 0.1) is 6.92 Å². The molecule has 0 radical (unpaired) electrons. The Morgan fingerprint density at radius 3 is 2.65 bits per heavy atom. The van der Waals surface area contributed by atoms with Gasteiger partial charge >= 0.3 is 5.97 Å². The molecule has 0 bridgehead atoms. The molecule has 1 aliphatic heterocycles. The maximum Gasteiger partial charge on any atom is 0.335 e. The van der Waals surface area contributed by atoms with Crippen LogP contribution < -0.4 is 5.32 Å². The average Bonchev–Trinajstić information content (AvgIpc) is 3.34. The van der Waals surface area contributed by atoms with E-state index in [1.54, 1.807) is 55.5 Å². The molecule has 34 heavy (non-hydrogen) atoms. The van der Waals surface area contributed by atoms with Gasteiger partial charge in [-0.3, -0.25) is 19.3 Å². The number of nitrogens with zero attached hydrogens (tertiary/aromatic N) is 1. The van der Waals surface area contributed by atoms with Gasteiger partial charge in [0.2, 0.25) is 5.91 Å². The predicted molar refractivity (Wildman–Crippen MR) is 129 cm³/mol. The van der Waals surface area contributed by atoms with Crippen LogP contribution in [0.2, 0.25) is 5.02 Å². The fourth-order valence-electron chi connectivity index (χ4n) is 3.39. The van der Waals surface area contributed by atoms with Crippen LogP contribution in [0.5, 0.6) is 0 Å². The number of imide groups is 1. The van der Waals surface area contributed by atoms with Crippen LogP contribution in [-0.2, 0) is 9.59 Å². The number of aromatic carboxylic acids is 1. The molecule has 1 aliphatic rings. The Morgan fingerprint density at radius 1 is 1.15 bits per heavy atom. The van der Waals surface area contributed by atoms with E-state index in [1.165, 1.54) is 12.1 Å². The van der Waals surface area contributed by atoms with Gasteiger partial charge in [0.1, 0.15) is 18.1 Å². The van der Waals surface area contributed by atoms with Crippen molar-refractivity contribution in [2.45, 2.75) is 6.92 Å². The largest absolute Gasteiger partial charge is 0.478 e. The lowest BCUT2D eigenvalue weighted by Crippen LogP contribution is -2.36. The van der Waals surface area contributed by atoms with Crippen molar-refractivity contribution in [3.8, 4) is 11.3 Å². The van der Waals surface area contributed by atoms with Crippen LogP contribution in [0.25, 0.3) is 17.4 Å². The lowest BCUT2D eigenvalue weighted by atomic mass is 10.0. The van der Waals surface area contributed by atoms with Crippen LogP contribution in [0.15, 0.2) is 63.9 Å². The Hall–Kier alpha value is -3.82. The first-order valence-electron chi connectivity index (χ1n) is 9.97. The standard InChI is InChI=1S/C24H17ClN2O6S/c1-13-17(6-3-7-18(13)23(30)31)19-9-8-16(33-19)11-20-22(29)27(24(32)34-20)12-21(28)26-15-5-2-4-14(25)10-15/h2-11H,12H2,1H3,(H,26,28)(H,30,31)/b20-11-. The van der Waals surface area contributed by atoms with E-state index in [0.29, 0.717) is 45.1 Å². The summed E-state index contributed by atoms with van der Waals surface area (Å²) in [6.45, 7) is 1.24. The molecule has 2 heterocycles. The van der Waals surface area contributed by atoms with Gasteiger partial charge in [-0.25, -0.2) is 4.79 Å². The lowest BCUT2D eigenvalue weighted by molar-refractivity contribution is -0.127. The summed E-state index contributed by atoms with van der Waals surface area (Å²) in [5, 5.41) is 11.8. The molecular weight excluding hydrogens is 480 g/mol. The van der Waals surface area contributed by atoms with Gasteiger partial charge in [-0.15, -0.1) is 0 Å². The molecule has 10 heteroatoms. The summed E-state index contributed by atoms with van der Waals surface area (Å²) in [6, 6.07) is 14.6. The molecule has 3 aromatic rings. The van der Waals surface area contributed by atoms with Crippen molar-refractivity contribution in [2.24, 2.45) is 0 Å². The minimum Gasteiger partial charge on any atom is -0.478 e. The van der Waals surface area contributed by atoms with Crippen molar-refractivity contribution in [1.82, 2.24) is 4.90 Å². The van der Waals surface area contributed by atoms with Gasteiger partial charge in [-0.2, -0.15) is 0 Å². The third-order valence-corrected chi connectivity index (χ3v) is 6.16. The van der Waals surface area contributed by atoms with Crippen LogP contribution in [-0.4, -0.2) is 39.6 Å². The zero-order chi connectivity index (χ0) is 24.4. The van der Waals surface area contributed by atoms with Gasteiger partial charge in [0.15, 0.2) is 0 Å². The van der Waals surface area contributed by atoms with E-state index in [-0.39, 0.29) is 10.5 Å². The molecule has 172 valence electrons. The molecular formula is C24H17ClN2O6S. The third kappa shape index (κ3) is 4.90. The molecule has 1 fully saturated rings.